The minimum Gasteiger partial charge on any atom is -0.384 e. The van der Waals surface area contributed by atoms with E-state index in [1.807, 2.05) is 40.8 Å². The van der Waals surface area contributed by atoms with Gasteiger partial charge in [0.05, 0.1) is 18.8 Å². The van der Waals surface area contributed by atoms with Crippen LogP contribution >= 0.6 is 0 Å². The maximum Gasteiger partial charge on any atom is 0.254 e. The first kappa shape index (κ1) is 16.3. The number of aromatic nitrogens is 3. The quantitative estimate of drug-likeness (QED) is 0.838. The van der Waals surface area contributed by atoms with Gasteiger partial charge in [0, 0.05) is 31.7 Å². The van der Waals surface area contributed by atoms with Crippen molar-refractivity contribution in [1.82, 2.24) is 19.9 Å². The number of nitrogens with zero attached hydrogens (tertiary/aromatic N) is 4. The lowest BCUT2D eigenvalue weighted by Crippen LogP contribution is -2.40. The van der Waals surface area contributed by atoms with Crippen LogP contribution in [0.15, 0.2) is 24.3 Å². The molecule has 1 aliphatic heterocycles. The second kappa shape index (κ2) is 6.59. The van der Waals surface area contributed by atoms with Crippen molar-refractivity contribution in [2.45, 2.75) is 38.8 Å². The Bertz CT molecular complexity index is 781. The summed E-state index contributed by atoms with van der Waals surface area (Å²) in [5.74, 6) is 0.907. The van der Waals surface area contributed by atoms with E-state index in [4.69, 9.17) is 4.74 Å². The SMILES string of the molecule is COC[C@@H]1CN(C(=O)c2cccc(C)c2)Cc2nnn(CC3CC3)c21. The molecule has 0 spiro atoms. The molecule has 132 valence electrons. The Morgan fingerprint density at radius 3 is 2.92 bits per heavy atom. The van der Waals surface area contributed by atoms with Crippen LogP contribution in [0.3, 0.4) is 0 Å². The van der Waals surface area contributed by atoms with Crippen LogP contribution in [0.1, 0.15) is 46.1 Å². The monoisotopic (exact) mass is 340 g/mol. The third-order valence-corrected chi connectivity index (χ3v) is 5.06. The number of benzene rings is 1. The lowest BCUT2D eigenvalue weighted by atomic mass is 9.97. The summed E-state index contributed by atoms with van der Waals surface area (Å²) in [4.78, 5) is 14.8. The van der Waals surface area contributed by atoms with Crippen molar-refractivity contribution in [1.29, 1.82) is 0 Å². The highest BCUT2D eigenvalue weighted by Crippen LogP contribution is 2.34. The molecule has 1 saturated carbocycles. The van der Waals surface area contributed by atoms with E-state index in [-0.39, 0.29) is 11.8 Å². The summed E-state index contributed by atoms with van der Waals surface area (Å²) in [5, 5.41) is 8.74. The highest BCUT2D eigenvalue weighted by molar-refractivity contribution is 5.94. The van der Waals surface area contributed by atoms with Crippen LogP contribution in [0.2, 0.25) is 0 Å². The standard InChI is InChI=1S/C19H24N4O2/c1-13-4-3-5-15(8-13)19(24)22-10-16(12-25-2)18-17(11-22)20-21-23(18)9-14-6-7-14/h3-5,8,14,16H,6-7,9-12H2,1-2H3/t16-/m0/s1. The Hall–Kier alpha value is -2.21. The Kier molecular flexibility index (Phi) is 4.29. The van der Waals surface area contributed by atoms with Gasteiger partial charge in [-0.25, -0.2) is 4.68 Å². The van der Waals surface area contributed by atoms with Crippen LogP contribution in [0.5, 0.6) is 0 Å². The minimum absolute atomic E-state index is 0.0483. The largest absolute Gasteiger partial charge is 0.384 e. The van der Waals surface area contributed by atoms with E-state index >= 15 is 0 Å². The zero-order valence-corrected chi connectivity index (χ0v) is 14.8. The van der Waals surface area contributed by atoms with Crippen molar-refractivity contribution in [2.24, 2.45) is 5.92 Å². The molecule has 25 heavy (non-hydrogen) atoms. The van der Waals surface area contributed by atoms with Gasteiger partial charge in [0.2, 0.25) is 0 Å². The number of aryl methyl sites for hydroxylation is 1. The molecule has 2 aromatic rings. The summed E-state index contributed by atoms with van der Waals surface area (Å²) in [6.45, 7) is 4.68. The van der Waals surface area contributed by atoms with Crippen molar-refractivity contribution < 1.29 is 9.53 Å². The molecule has 1 fully saturated rings. The third-order valence-electron chi connectivity index (χ3n) is 5.06. The topological polar surface area (TPSA) is 60.2 Å². The summed E-state index contributed by atoms with van der Waals surface area (Å²) in [5.41, 5.74) is 3.88. The van der Waals surface area contributed by atoms with E-state index in [1.54, 1.807) is 7.11 Å². The Labute approximate surface area is 147 Å². The normalized spacial score (nSPS) is 19.8. The molecule has 1 atom stereocenters. The molecule has 0 saturated heterocycles. The highest BCUT2D eigenvalue weighted by atomic mass is 16.5. The number of amides is 1. The predicted molar refractivity (Wildman–Crippen MR) is 93.3 cm³/mol. The third kappa shape index (κ3) is 3.31. The molecule has 0 N–H and O–H groups in total. The van der Waals surface area contributed by atoms with E-state index in [0.717, 1.165) is 35.0 Å². The van der Waals surface area contributed by atoms with Crippen molar-refractivity contribution in [3.63, 3.8) is 0 Å². The van der Waals surface area contributed by atoms with Gasteiger partial charge in [0.1, 0.15) is 5.69 Å². The van der Waals surface area contributed by atoms with Crippen molar-refractivity contribution >= 4 is 5.91 Å². The van der Waals surface area contributed by atoms with E-state index in [2.05, 4.69) is 10.3 Å². The molecule has 0 unspecified atom stereocenters. The number of hydrogen-bond acceptors (Lipinski definition) is 4. The summed E-state index contributed by atoms with van der Waals surface area (Å²) in [7, 11) is 1.70. The van der Waals surface area contributed by atoms with Crippen molar-refractivity contribution in [3.05, 3.63) is 46.8 Å². The molecule has 2 heterocycles. The first-order valence-corrected chi connectivity index (χ1v) is 8.93. The molecular weight excluding hydrogens is 316 g/mol. The molecule has 1 aliphatic carbocycles. The second-order valence-corrected chi connectivity index (χ2v) is 7.25. The predicted octanol–water partition coefficient (Wildman–Crippen LogP) is 2.38. The summed E-state index contributed by atoms with van der Waals surface area (Å²) < 4.78 is 7.48. The molecule has 0 radical (unpaired) electrons. The van der Waals surface area contributed by atoms with Crippen LogP contribution in [0.4, 0.5) is 0 Å². The van der Waals surface area contributed by atoms with Crippen LogP contribution < -0.4 is 0 Å². The van der Waals surface area contributed by atoms with Gasteiger partial charge < -0.3 is 9.64 Å². The van der Waals surface area contributed by atoms with Gasteiger partial charge in [-0.05, 0) is 37.8 Å². The van der Waals surface area contributed by atoms with Gasteiger partial charge in [0.15, 0.2) is 0 Å². The molecule has 6 nitrogen and oxygen atoms in total. The lowest BCUT2D eigenvalue weighted by Gasteiger charge is -2.32. The van der Waals surface area contributed by atoms with Crippen molar-refractivity contribution in [3.8, 4) is 0 Å². The zero-order valence-electron chi connectivity index (χ0n) is 14.8. The molecule has 1 aromatic carbocycles. The van der Waals surface area contributed by atoms with Crippen LogP contribution in [-0.4, -0.2) is 46.1 Å². The Balaban J connectivity index is 1.60. The maximum absolute atomic E-state index is 12.9. The molecule has 6 heteroatoms. The maximum atomic E-state index is 12.9. The van der Waals surface area contributed by atoms with Crippen LogP contribution in [0.25, 0.3) is 0 Å². The van der Waals surface area contributed by atoms with Crippen LogP contribution in [-0.2, 0) is 17.8 Å². The Morgan fingerprint density at radius 2 is 2.20 bits per heavy atom. The van der Waals surface area contributed by atoms with Gasteiger partial charge in [-0.2, -0.15) is 0 Å². The number of carbonyl (C=O) groups excluding carboxylic acids is 1. The van der Waals surface area contributed by atoms with E-state index in [0.29, 0.717) is 19.7 Å². The highest BCUT2D eigenvalue weighted by Gasteiger charge is 2.34. The van der Waals surface area contributed by atoms with Crippen molar-refractivity contribution in [2.75, 3.05) is 20.3 Å². The number of ether oxygens (including phenoxy) is 1. The summed E-state index contributed by atoms with van der Waals surface area (Å²) >= 11 is 0. The smallest absolute Gasteiger partial charge is 0.254 e. The second-order valence-electron chi connectivity index (χ2n) is 7.25. The number of fused-ring (bicyclic) bond motifs is 1. The fraction of sp³-hybridized carbons (Fsp3) is 0.526. The summed E-state index contributed by atoms with van der Waals surface area (Å²) in [6, 6.07) is 7.74. The molecule has 1 aromatic heterocycles. The molecule has 2 aliphatic rings. The number of carbonyl (C=O) groups is 1. The van der Waals surface area contributed by atoms with Gasteiger partial charge >= 0.3 is 0 Å². The molecular formula is C19H24N4O2. The fourth-order valence-electron chi connectivity index (χ4n) is 3.64. The average molecular weight is 340 g/mol. The lowest BCUT2D eigenvalue weighted by molar-refractivity contribution is 0.0672. The number of methoxy groups -OCH3 is 1. The molecule has 0 bridgehead atoms. The first-order chi connectivity index (χ1) is 12.2. The van der Waals surface area contributed by atoms with Gasteiger partial charge in [-0.1, -0.05) is 22.9 Å². The summed E-state index contributed by atoms with van der Waals surface area (Å²) in [6.07, 6.45) is 2.56. The number of rotatable bonds is 5. The first-order valence-electron chi connectivity index (χ1n) is 8.93. The minimum atomic E-state index is 0.0483. The van der Waals surface area contributed by atoms with Crippen LogP contribution in [0, 0.1) is 12.8 Å². The van der Waals surface area contributed by atoms with Gasteiger partial charge in [0.25, 0.3) is 5.91 Å². The van der Waals surface area contributed by atoms with Gasteiger partial charge in [-0.3, -0.25) is 4.79 Å². The van der Waals surface area contributed by atoms with E-state index in [9.17, 15) is 4.79 Å². The van der Waals surface area contributed by atoms with Gasteiger partial charge in [-0.15, -0.1) is 5.10 Å². The zero-order chi connectivity index (χ0) is 17.4. The average Bonchev–Trinajstić information content (AvgIpc) is 3.33. The van der Waals surface area contributed by atoms with E-state index < -0.39 is 0 Å². The molecule has 1 amide bonds. The number of hydrogen-bond donors (Lipinski definition) is 0. The Morgan fingerprint density at radius 1 is 1.36 bits per heavy atom. The molecule has 4 rings (SSSR count). The van der Waals surface area contributed by atoms with E-state index in [1.165, 1.54) is 12.8 Å². The fourth-order valence-corrected chi connectivity index (χ4v) is 3.64.